The molecule has 0 radical (unpaired) electrons. The van der Waals surface area contributed by atoms with E-state index < -0.39 is 45.3 Å². The fourth-order valence-corrected chi connectivity index (χ4v) is 2.35. The molecule has 10 heteroatoms. The number of nitro benzene ring substituents is 1. The Morgan fingerprint density at radius 3 is 1.57 bits per heavy atom. The Labute approximate surface area is 174 Å². The molecule has 0 saturated heterocycles. The SMILES string of the molecule is CC(=O)NC(C(=O)OC(C)(C)C)(C(=O)OC(C)(C)C)C(=O)c1ccc([N+](=O)[O-])cc1. The third-order valence-corrected chi connectivity index (χ3v) is 3.45. The third kappa shape index (κ3) is 6.10. The molecule has 0 heterocycles. The van der Waals surface area contributed by atoms with Gasteiger partial charge in [0, 0.05) is 24.6 Å². The highest BCUT2D eigenvalue weighted by atomic mass is 16.6. The van der Waals surface area contributed by atoms with Gasteiger partial charge in [0.1, 0.15) is 11.2 Å². The highest BCUT2D eigenvalue weighted by molar-refractivity contribution is 6.31. The molecule has 0 fully saturated rings. The number of ether oxygens (including phenoxy) is 2. The van der Waals surface area contributed by atoms with Crippen LogP contribution in [-0.2, 0) is 23.9 Å². The van der Waals surface area contributed by atoms with Gasteiger partial charge in [-0.3, -0.25) is 19.7 Å². The Balaban J connectivity index is 3.67. The summed E-state index contributed by atoms with van der Waals surface area (Å²) in [5.74, 6) is -4.66. The maximum absolute atomic E-state index is 13.4. The molecule has 1 amide bonds. The van der Waals surface area contributed by atoms with Crippen LogP contribution in [0.2, 0.25) is 0 Å². The lowest BCUT2D eigenvalue weighted by Crippen LogP contribution is -2.67. The van der Waals surface area contributed by atoms with Crippen LogP contribution in [0.4, 0.5) is 5.69 Å². The molecule has 1 rings (SSSR count). The first-order chi connectivity index (χ1) is 13.5. The van der Waals surface area contributed by atoms with Gasteiger partial charge in [-0.05, 0) is 53.7 Å². The van der Waals surface area contributed by atoms with Gasteiger partial charge in [-0.1, -0.05) is 0 Å². The zero-order chi connectivity index (χ0) is 23.5. The van der Waals surface area contributed by atoms with Gasteiger partial charge >= 0.3 is 11.9 Å². The van der Waals surface area contributed by atoms with E-state index in [-0.39, 0.29) is 11.3 Å². The van der Waals surface area contributed by atoms with Crippen LogP contribution in [-0.4, -0.2) is 45.3 Å². The van der Waals surface area contributed by atoms with Gasteiger partial charge in [-0.15, -0.1) is 0 Å². The van der Waals surface area contributed by atoms with Crippen molar-refractivity contribution in [3.05, 3.63) is 39.9 Å². The number of amides is 1. The van der Waals surface area contributed by atoms with Gasteiger partial charge in [-0.25, -0.2) is 9.59 Å². The molecular weight excluding hydrogens is 396 g/mol. The van der Waals surface area contributed by atoms with E-state index in [4.69, 9.17) is 9.47 Å². The van der Waals surface area contributed by atoms with Crippen LogP contribution in [0.25, 0.3) is 0 Å². The summed E-state index contributed by atoms with van der Waals surface area (Å²) in [7, 11) is 0. The lowest BCUT2D eigenvalue weighted by atomic mass is 9.88. The van der Waals surface area contributed by atoms with Crippen molar-refractivity contribution in [3.8, 4) is 0 Å². The summed E-state index contributed by atoms with van der Waals surface area (Å²) >= 11 is 0. The van der Waals surface area contributed by atoms with Crippen molar-refractivity contribution in [1.82, 2.24) is 5.32 Å². The molecule has 0 atom stereocenters. The van der Waals surface area contributed by atoms with Crippen LogP contribution in [0.5, 0.6) is 0 Å². The number of ketones is 1. The van der Waals surface area contributed by atoms with E-state index in [1.165, 1.54) is 41.5 Å². The Kier molecular flexibility index (Phi) is 7.09. The zero-order valence-corrected chi connectivity index (χ0v) is 18.0. The molecular formula is C20H26N2O8. The fourth-order valence-electron chi connectivity index (χ4n) is 2.35. The first-order valence-electron chi connectivity index (χ1n) is 9.04. The van der Waals surface area contributed by atoms with Crippen molar-refractivity contribution in [2.45, 2.75) is 65.2 Å². The van der Waals surface area contributed by atoms with E-state index in [0.717, 1.165) is 31.2 Å². The van der Waals surface area contributed by atoms with Crippen molar-refractivity contribution >= 4 is 29.3 Å². The highest BCUT2D eigenvalue weighted by Gasteiger charge is 2.58. The van der Waals surface area contributed by atoms with Gasteiger partial charge < -0.3 is 14.8 Å². The van der Waals surface area contributed by atoms with Gasteiger partial charge in [0.05, 0.1) is 4.92 Å². The van der Waals surface area contributed by atoms with Crippen molar-refractivity contribution < 1.29 is 33.6 Å². The van der Waals surface area contributed by atoms with Crippen LogP contribution in [0.15, 0.2) is 24.3 Å². The van der Waals surface area contributed by atoms with Gasteiger partial charge in [-0.2, -0.15) is 0 Å². The minimum Gasteiger partial charge on any atom is -0.457 e. The van der Waals surface area contributed by atoms with E-state index in [1.54, 1.807) is 0 Å². The van der Waals surface area contributed by atoms with Crippen molar-refractivity contribution in [2.75, 3.05) is 0 Å². The smallest absolute Gasteiger partial charge is 0.352 e. The van der Waals surface area contributed by atoms with Gasteiger partial charge in [0.15, 0.2) is 0 Å². The number of carbonyl (C=O) groups is 4. The minimum absolute atomic E-state index is 0.230. The fraction of sp³-hybridized carbons (Fsp3) is 0.500. The lowest BCUT2D eigenvalue weighted by Gasteiger charge is -2.34. The number of non-ortho nitro benzene ring substituents is 1. The minimum atomic E-state index is -2.83. The Morgan fingerprint density at radius 1 is 0.867 bits per heavy atom. The first-order valence-corrected chi connectivity index (χ1v) is 9.04. The maximum Gasteiger partial charge on any atom is 0.352 e. The molecule has 1 aromatic rings. The first kappa shape index (κ1) is 24.7. The van der Waals surface area contributed by atoms with E-state index in [2.05, 4.69) is 5.32 Å². The molecule has 0 aliphatic carbocycles. The van der Waals surface area contributed by atoms with E-state index >= 15 is 0 Å². The number of esters is 2. The lowest BCUT2D eigenvalue weighted by molar-refractivity contribution is -0.384. The Morgan fingerprint density at radius 2 is 1.27 bits per heavy atom. The van der Waals surface area contributed by atoms with Gasteiger partial charge in [0.2, 0.25) is 11.7 Å². The Hall–Kier alpha value is -3.30. The maximum atomic E-state index is 13.4. The number of nitrogens with zero attached hydrogens (tertiary/aromatic N) is 1. The van der Waals surface area contributed by atoms with Crippen LogP contribution in [0, 0.1) is 10.1 Å². The molecule has 0 bridgehead atoms. The third-order valence-electron chi connectivity index (χ3n) is 3.45. The number of hydrogen-bond donors (Lipinski definition) is 1. The molecule has 0 aliphatic heterocycles. The summed E-state index contributed by atoms with van der Waals surface area (Å²) < 4.78 is 10.5. The molecule has 0 saturated carbocycles. The average Bonchev–Trinajstić information content (AvgIpc) is 2.55. The highest BCUT2D eigenvalue weighted by Crippen LogP contribution is 2.25. The summed E-state index contributed by atoms with van der Waals surface area (Å²) in [4.78, 5) is 61.6. The monoisotopic (exact) mass is 422 g/mol. The number of rotatable bonds is 6. The van der Waals surface area contributed by atoms with Gasteiger partial charge in [0.25, 0.3) is 11.2 Å². The summed E-state index contributed by atoms with van der Waals surface area (Å²) in [6.07, 6.45) is 0. The molecule has 0 aliphatic rings. The number of nitro groups is 1. The molecule has 1 aromatic carbocycles. The van der Waals surface area contributed by atoms with Crippen LogP contribution in [0.1, 0.15) is 58.8 Å². The quantitative estimate of drug-likeness (QED) is 0.242. The molecule has 164 valence electrons. The summed E-state index contributed by atoms with van der Waals surface area (Å²) in [5.41, 5.74) is -5.56. The summed E-state index contributed by atoms with van der Waals surface area (Å²) in [6, 6.07) is 4.23. The number of carbonyl (C=O) groups excluding carboxylic acids is 4. The van der Waals surface area contributed by atoms with E-state index in [1.807, 2.05) is 0 Å². The molecule has 30 heavy (non-hydrogen) atoms. The van der Waals surface area contributed by atoms with E-state index in [0.29, 0.717) is 0 Å². The van der Waals surface area contributed by atoms with Crippen LogP contribution >= 0.6 is 0 Å². The molecule has 0 aromatic heterocycles. The second-order valence-corrected chi connectivity index (χ2v) is 8.57. The predicted octanol–water partition coefficient (Wildman–Crippen LogP) is 2.34. The van der Waals surface area contributed by atoms with Crippen molar-refractivity contribution in [1.29, 1.82) is 0 Å². The number of Topliss-reactive ketones (excluding diaryl/α,β-unsaturated/α-hetero) is 1. The number of hydrogen-bond acceptors (Lipinski definition) is 8. The molecule has 0 spiro atoms. The number of nitrogens with one attached hydrogen (secondary N) is 1. The average molecular weight is 422 g/mol. The molecule has 10 nitrogen and oxygen atoms in total. The van der Waals surface area contributed by atoms with Crippen LogP contribution in [0.3, 0.4) is 0 Å². The standard InChI is InChI=1S/C20H26N2O8/c1-12(23)21-20(16(25)29-18(2,3)4,17(26)30-19(5,6)7)15(24)13-8-10-14(11-9-13)22(27)28/h8-11H,1-7H3,(H,21,23). The second kappa shape index (κ2) is 8.60. The normalized spacial score (nSPS) is 12.0. The summed E-state index contributed by atoms with van der Waals surface area (Å²) in [6.45, 7) is 10.2. The van der Waals surface area contributed by atoms with Crippen molar-refractivity contribution in [2.24, 2.45) is 0 Å². The van der Waals surface area contributed by atoms with Crippen LogP contribution < -0.4 is 5.32 Å². The second-order valence-electron chi connectivity index (χ2n) is 8.57. The molecule has 0 unspecified atom stereocenters. The van der Waals surface area contributed by atoms with E-state index in [9.17, 15) is 29.3 Å². The Bertz CT molecular complexity index is 832. The topological polar surface area (TPSA) is 142 Å². The van der Waals surface area contributed by atoms with Crippen molar-refractivity contribution in [3.63, 3.8) is 0 Å². The summed E-state index contributed by atoms with van der Waals surface area (Å²) in [5, 5.41) is 13.0. The number of benzene rings is 1. The largest absolute Gasteiger partial charge is 0.457 e. The molecule has 1 N–H and O–H groups in total. The predicted molar refractivity (Wildman–Crippen MR) is 106 cm³/mol. The zero-order valence-electron chi connectivity index (χ0n) is 18.0.